The molecular formula is C23H27N7O2. The van der Waals surface area contributed by atoms with Crippen LogP contribution >= 0.6 is 0 Å². The Morgan fingerprint density at radius 1 is 0.969 bits per heavy atom. The first-order valence-electron chi connectivity index (χ1n) is 11.2. The minimum atomic E-state index is 0.0721. The zero-order chi connectivity index (χ0) is 21.8. The highest BCUT2D eigenvalue weighted by Crippen LogP contribution is 2.24. The van der Waals surface area contributed by atoms with Gasteiger partial charge < -0.3 is 9.64 Å². The summed E-state index contributed by atoms with van der Waals surface area (Å²) in [6.45, 7) is 3.66. The Morgan fingerprint density at radius 3 is 2.47 bits per heavy atom. The highest BCUT2D eigenvalue weighted by Gasteiger charge is 2.30. The molecule has 0 spiro atoms. The standard InChI is InChI=1S/C23H27N7O2/c31-23(18-2-1-3-20(16-18)30-17-25-26-27-30)29-12-6-19(7-13-29)28-14-8-22(9-15-28)32-21-4-10-24-11-5-21/h1-5,10-11,16-17,19,22H,6-9,12-15H2. The number of hydrogen-bond donors (Lipinski definition) is 0. The normalized spacial score (nSPS) is 18.6. The zero-order valence-electron chi connectivity index (χ0n) is 18.0. The predicted octanol–water partition coefficient (Wildman–Crippen LogP) is 2.21. The average molecular weight is 434 g/mol. The maximum atomic E-state index is 13.1. The third-order valence-corrected chi connectivity index (χ3v) is 6.40. The number of tetrazole rings is 1. The molecule has 9 nitrogen and oxygen atoms in total. The van der Waals surface area contributed by atoms with E-state index in [1.807, 2.05) is 41.3 Å². The van der Waals surface area contributed by atoms with Crippen molar-refractivity contribution >= 4 is 5.91 Å². The molecule has 1 amide bonds. The molecule has 2 aliphatic rings. The maximum Gasteiger partial charge on any atom is 0.253 e. The molecule has 9 heteroatoms. The fraction of sp³-hybridized carbons (Fsp3) is 0.435. The molecule has 0 unspecified atom stereocenters. The van der Waals surface area contributed by atoms with Gasteiger partial charge in [0.15, 0.2) is 0 Å². The molecule has 0 aliphatic carbocycles. The first-order valence-corrected chi connectivity index (χ1v) is 11.2. The van der Waals surface area contributed by atoms with Crippen molar-refractivity contribution in [2.45, 2.75) is 37.8 Å². The molecule has 2 aromatic heterocycles. The molecule has 0 radical (unpaired) electrons. The molecule has 2 fully saturated rings. The Bertz CT molecular complexity index is 1010. The lowest BCUT2D eigenvalue weighted by molar-refractivity contribution is 0.0425. The molecule has 0 atom stereocenters. The number of piperidine rings is 2. The van der Waals surface area contributed by atoms with Crippen molar-refractivity contribution in [2.75, 3.05) is 26.2 Å². The average Bonchev–Trinajstić information content (AvgIpc) is 3.40. The third kappa shape index (κ3) is 4.62. The summed E-state index contributed by atoms with van der Waals surface area (Å²) >= 11 is 0. The number of nitrogens with zero attached hydrogens (tertiary/aromatic N) is 7. The van der Waals surface area contributed by atoms with E-state index in [1.54, 1.807) is 17.1 Å². The number of ether oxygens (including phenoxy) is 1. The van der Waals surface area contributed by atoms with Gasteiger partial charge in [-0.25, -0.2) is 4.68 Å². The summed E-state index contributed by atoms with van der Waals surface area (Å²) in [5.74, 6) is 0.970. The number of hydrogen-bond acceptors (Lipinski definition) is 7. The molecule has 5 rings (SSSR count). The lowest BCUT2D eigenvalue weighted by Gasteiger charge is -2.41. The maximum absolute atomic E-state index is 13.1. The highest BCUT2D eigenvalue weighted by atomic mass is 16.5. The molecule has 1 aromatic carbocycles. The van der Waals surface area contributed by atoms with E-state index in [-0.39, 0.29) is 12.0 Å². The van der Waals surface area contributed by atoms with Gasteiger partial charge in [0.25, 0.3) is 5.91 Å². The molecule has 32 heavy (non-hydrogen) atoms. The summed E-state index contributed by atoms with van der Waals surface area (Å²) in [4.78, 5) is 21.6. The van der Waals surface area contributed by atoms with Gasteiger partial charge in [0, 0.05) is 50.2 Å². The predicted molar refractivity (Wildman–Crippen MR) is 118 cm³/mol. The quantitative estimate of drug-likeness (QED) is 0.609. The van der Waals surface area contributed by atoms with Gasteiger partial charge in [-0.3, -0.25) is 14.7 Å². The number of benzene rings is 1. The van der Waals surface area contributed by atoms with Crippen LogP contribution in [0.15, 0.2) is 55.1 Å². The molecule has 2 aliphatic heterocycles. The second-order valence-electron chi connectivity index (χ2n) is 8.36. The lowest BCUT2D eigenvalue weighted by Crippen LogP contribution is -2.50. The monoisotopic (exact) mass is 433 g/mol. The highest BCUT2D eigenvalue weighted by molar-refractivity contribution is 5.94. The van der Waals surface area contributed by atoms with E-state index in [0.717, 1.165) is 63.3 Å². The Kier molecular flexibility index (Phi) is 6.06. The van der Waals surface area contributed by atoms with Gasteiger partial charge >= 0.3 is 0 Å². The minimum absolute atomic E-state index is 0.0721. The van der Waals surface area contributed by atoms with Gasteiger partial charge in [0.2, 0.25) is 0 Å². The summed E-state index contributed by atoms with van der Waals surface area (Å²) in [5.41, 5.74) is 1.46. The second-order valence-corrected chi connectivity index (χ2v) is 8.36. The van der Waals surface area contributed by atoms with Gasteiger partial charge in [-0.1, -0.05) is 6.07 Å². The van der Waals surface area contributed by atoms with Gasteiger partial charge in [-0.15, -0.1) is 5.10 Å². The SMILES string of the molecule is O=C(c1cccc(-n2cnnn2)c1)N1CCC(N2CCC(Oc3ccncc3)CC2)CC1. The van der Waals surface area contributed by atoms with Crippen LogP contribution in [0, 0.1) is 0 Å². The first kappa shape index (κ1) is 20.6. The summed E-state index contributed by atoms with van der Waals surface area (Å²) in [5, 5.41) is 11.2. The number of likely N-dealkylation sites (tertiary alicyclic amines) is 2. The number of amides is 1. The van der Waals surface area contributed by atoms with Crippen molar-refractivity contribution < 1.29 is 9.53 Å². The first-order chi connectivity index (χ1) is 15.8. The summed E-state index contributed by atoms with van der Waals surface area (Å²) in [7, 11) is 0. The molecule has 166 valence electrons. The van der Waals surface area contributed by atoms with Crippen LogP contribution in [0.25, 0.3) is 5.69 Å². The van der Waals surface area contributed by atoms with Crippen molar-refractivity contribution in [3.8, 4) is 11.4 Å². The van der Waals surface area contributed by atoms with E-state index < -0.39 is 0 Å². The van der Waals surface area contributed by atoms with E-state index in [2.05, 4.69) is 25.4 Å². The Labute approximate surface area is 187 Å². The fourth-order valence-corrected chi connectivity index (χ4v) is 4.65. The number of pyridine rings is 1. The number of carbonyl (C=O) groups excluding carboxylic acids is 1. The summed E-state index contributed by atoms with van der Waals surface area (Å²) in [6, 6.07) is 11.8. The van der Waals surface area contributed by atoms with Crippen molar-refractivity contribution in [2.24, 2.45) is 0 Å². The lowest BCUT2D eigenvalue weighted by atomic mass is 9.98. The van der Waals surface area contributed by atoms with Crippen LogP contribution in [0.5, 0.6) is 5.75 Å². The topological polar surface area (TPSA) is 89.3 Å². The van der Waals surface area contributed by atoms with Crippen LogP contribution in [0.2, 0.25) is 0 Å². The van der Waals surface area contributed by atoms with Crippen LogP contribution in [-0.4, -0.2) is 79.2 Å². The van der Waals surface area contributed by atoms with Crippen molar-refractivity contribution in [1.29, 1.82) is 0 Å². The van der Waals surface area contributed by atoms with Crippen molar-refractivity contribution in [3.63, 3.8) is 0 Å². The van der Waals surface area contributed by atoms with E-state index in [4.69, 9.17) is 4.74 Å². The van der Waals surface area contributed by atoms with E-state index >= 15 is 0 Å². The number of carbonyl (C=O) groups is 1. The van der Waals surface area contributed by atoms with E-state index in [9.17, 15) is 4.79 Å². The molecule has 2 saturated heterocycles. The van der Waals surface area contributed by atoms with E-state index in [0.29, 0.717) is 11.6 Å². The van der Waals surface area contributed by atoms with Crippen molar-refractivity contribution in [1.82, 2.24) is 35.0 Å². The second kappa shape index (κ2) is 9.44. The van der Waals surface area contributed by atoms with Gasteiger partial charge in [-0.05, 0) is 66.4 Å². The Hall–Kier alpha value is -3.33. The molecule has 0 bridgehead atoms. The van der Waals surface area contributed by atoms with Crippen LogP contribution in [-0.2, 0) is 0 Å². The van der Waals surface area contributed by atoms with Gasteiger partial charge in [0.05, 0.1) is 5.69 Å². The smallest absolute Gasteiger partial charge is 0.253 e. The zero-order valence-corrected chi connectivity index (χ0v) is 18.0. The molecular weight excluding hydrogens is 406 g/mol. The largest absolute Gasteiger partial charge is 0.490 e. The van der Waals surface area contributed by atoms with Crippen molar-refractivity contribution in [3.05, 3.63) is 60.7 Å². The van der Waals surface area contributed by atoms with Crippen LogP contribution in [0.3, 0.4) is 0 Å². The molecule has 3 aromatic rings. The number of aromatic nitrogens is 5. The van der Waals surface area contributed by atoms with E-state index in [1.165, 1.54) is 6.33 Å². The fourth-order valence-electron chi connectivity index (χ4n) is 4.65. The number of rotatable bonds is 5. The van der Waals surface area contributed by atoms with Crippen LogP contribution in [0.4, 0.5) is 0 Å². The Morgan fingerprint density at radius 2 is 1.75 bits per heavy atom. The van der Waals surface area contributed by atoms with Gasteiger partial charge in [0.1, 0.15) is 18.2 Å². The molecule has 4 heterocycles. The van der Waals surface area contributed by atoms with Crippen LogP contribution < -0.4 is 4.74 Å². The molecule has 0 saturated carbocycles. The summed E-state index contributed by atoms with van der Waals surface area (Å²) < 4.78 is 7.65. The van der Waals surface area contributed by atoms with Gasteiger partial charge in [-0.2, -0.15) is 0 Å². The molecule has 0 N–H and O–H groups in total. The summed E-state index contributed by atoms with van der Waals surface area (Å²) in [6.07, 6.45) is 9.41. The third-order valence-electron chi connectivity index (χ3n) is 6.40. The minimum Gasteiger partial charge on any atom is -0.490 e. The Balaban J connectivity index is 1.12. The van der Waals surface area contributed by atoms with Crippen LogP contribution in [0.1, 0.15) is 36.0 Å².